The molecule has 1 fully saturated rings. The van der Waals surface area contributed by atoms with Crippen LogP contribution in [0.15, 0.2) is 42.5 Å². The first kappa shape index (κ1) is 14.6. The summed E-state index contributed by atoms with van der Waals surface area (Å²) in [6.45, 7) is 0. The molecule has 0 N–H and O–H groups in total. The highest BCUT2D eigenvalue weighted by atomic mass is 35.5. The zero-order valence-electron chi connectivity index (χ0n) is 11.3. The van der Waals surface area contributed by atoms with Gasteiger partial charge >= 0.3 is 0 Å². The van der Waals surface area contributed by atoms with E-state index in [1.54, 1.807) is 18.2 Å². The number of epoxide rings is 1. The number of hydrogen-bond donors (Lipinski definition) is 0. The van der Waals surface area contributed by atoms with E-state index in [9.17, 15) is 4.39 Å². The van der Waals surface area contributed by atoms with Crippen LogP contribution in [0.2, 0.25) is 5.02 Å². The minimum absolute atomic E-state index is 0.193. The smallest absolute Gasteiger partial charge is 0.165 e. The van der Waals surface area contributed by atoms with Crippen molar-refractivity contribution in [3.63, 3.8) is 0 Å². The Hall–Kier alpha value is -1.29. The SMILES string of the molecule is COc1ccc(C2(CCl)OC2c2ccccc2Cl)cc1F. The Bertz CT molecular complexity index is 677. The van der Waals surface area contributed by atoms with Crippen molar-refractivity contribution < 1.29 is 13.9 Å². The molecule has 1 heterocycles. The molecule has 2 aromatic rings. The summed E-state index contributed by atoms with van der Waals surface area (Å²) in [4.78, 5) is 0. The molecule has 2 nitrogen and oxygen atoms in total. The van der Waals surface area contributed by atoms with E-state index in [2.05, 4.69) is 0 Å². The maximum absolute atomic E-state index is 13.9. The summed E-state index contributed by atoms with van der Waals surface area (Å²) in [7, 11) is 1.43. The molecule has 0 bridgehead atoms. The standard InChI is InChI=1S/C16H13Cl2FO2/c1-20-14-7-6-10(8-13(14)19)16(9-17)15(21-16)11-4-2-3-5-12(11)18/h2-8,15H,9H2,1H3. The van der Waals surface area contributed by atoms with Crippen molar-refractivity contribution in [2.75, 3.05) is 13.0 Å². The molecular formula is C16H13Cl2FO2. The first-order valence-corrected chi connectivity index (χ1v) is 7.36. The average Bonchev–Trinajstić information content (AvgIpc) is 3.23. The third-order valence-electron chi connectivity index (χ3n) is 3.72. The molecule has 110 valence electrons. The van der Waals surface area contributed by atoms with Gasteiger partial charge in [-0.3, -0.25) is 0 Å². The lowest BCUT2D eigenvalue weighted by atomic mass is 9.93. The number of benzene rings is 2. The van der Waals surface area contributed by atoms with Gasteiger partial charge in [-0.2, -0.15) is 0 Å². The van der Waals surface area contributed by atoms with Crippen LogP contribution in [-0.4, -0.2) is 13.0 Å². The minimum atomic E-state index is -0.736. The molecule has 0 radical (unpaired) electrons. The van der Waals surface area contributed by atoms with Gasteiger partial charge < -0.3 is 9.47 Å². The maximum atomic E-state index is 13.9. The van der Waals surface area contributed by atoms with Gasteiger partial charge in [-0.05, 0) is 23.8 Å². The van der Waals surface area contributed by atoms with Gasteiger partial charge in [-0.1, -0.05) is 35.9 Å². The molecule has 5 heteroatoms. The van der Waals surface area contributed by atoms with Crippen molar-refractivity contribution >= 4 is 23.2 Å². The van der Waals surface area contributed by atoms with E-state index in [-0.39, 0.29) is 17.7 Å². The molecule has 0 spiro atoms. The Morgan fingerprint density at radius 1 is 1.29 bits per heavy atom. The lowest BCUT2D eigenvalue weighted by Gasteiger charge is -2.12. The van der Waals surface area contributed by atoms with E-state index in [0.29, 0.717) is 10.6 Å². The van der Waals surface area contributed by atoms with E-state index in [0.717, 1.165) is 5.56 Å². The molecule has 2 aromatic carbocycles. The molecule has 2 atom stereocenters. The third kappa shape index (κ3) is 2.39. The van der Waals surface area contributed by atoms with Crippen molar-refractivity contribution in [1.82, 2.24) is 0 Å². The van der Waals surface area contributed by atoms with Crippen LogP contribution in [0.5, 0.6) is 5.75 Å². The second-order valence-corrected chi connectivity index (χ2v) is 5.57. The van der Waals surface area contributed by atoms with Crippen molar-refractivity contribution in [3.05, 3.63) is 64.4 Å². The van der Waals surface area contributed by atoms with Crippen LogP contribution in [-0.2, 0) is 10.3 Å². The fourth-order valence-electron chi connectivity index (χ4n) is 2.51. The van der Waals surface area contributed by atoms with Gasteiger partial charge in [0.15, 0.2) is 11.6 Å². The highest BCUT2D eigenvalue weighted by Gasteiger charge is 2.58. The Balaban J connectivity index is 1.97. The zero-order valence-corrected chi connectivity index (χ0v) is 12.8. The zero-order chi connectivity index (χ0) is 15.0. The van der Waals surface area contributed by atoms with Crippen molar-refractivity contribution in [2.24, 2.45) is 0 Å². The number of hydrogen-bond acceptors (Lipinski definition) is 2. The number of halogens is 3. The van der Waals surface area contributed by atoms with Crippen molar-refractivity contribution in [1.29, 1.82) is 0 Å². The molecule has 0 aliphatic carbocycles. The molecule has 0 aromatic heterocycles. The quantitative estimate of drug-likeness (QED) is 0.600. The molecule has 0 amide bonds. The van der Waals surface area contributed by atoms with Gasteiger partial charge in [-0.15, -0.1) is 11.6 Å². The average molecular weight is 327 g/mol. The number of ether oxygens (including phenoxy) is 2. The molecule has 1 aliphatic rings. The predicted molar refractivity (Wildman–Crippen MR) is 80.6 cm³/mol. The number of methoxy groups -OCH3 is 1. The Kier molecular flexibility index (Phi) is 3.82. The second kappa shape index (κ2) is 5.48. The summed E-state index contributed by atoms with van der Waals surface area (Å²) >= 11 is 12.3. The maximum Gasteiger partial charge on any atom is 0.165 e. The Labute approximate surface area is 132 Å². The van der Waals surface area contributed by atoms with Gasteiger partial charge in [0.1, 0.15) is 11.7 Å². The summed E-state index contributed by atoms with van der Waals surface area (Å²) < 4.78 is 24.6. The van der Waals surface area contributed by atoms with Crippen molar-refractivity contribution in [2.45, 2.75) is 11.7 Å². The van der Waals surface area contributed by atoms with E-state index in [1.165, 1.54) is 13.2 Å². The summed E-state index contributed by atoms with van der Waals surface area (Å²) in [6, 6.07) is 12.2. The Morgan fingerprint density at radius 3 is 2.67 bits per heavy atom. The number of alkyl halides is 1. The highest BCUT2D eigenvalue weighted by Crippen LogP contribution is 2.59. The summed E-state index contributed by atoms with van der Waals surface area (Å²) in [6.07, 6.45) is -0.267. The molecule has 21 heavy (non-hydrogen) atoms. The third-order valence-corrected chi connectivity index (χ3v) is 4.46. The lowest BCUT2D eigenvalue weighted by molar-refractivity contribution is 0.314. The van der Waals surface area contributed by atoms with Gasteiger partial charge in [0, 0.05) is 10.6 Å². The Morgan fingerprint density at radius 2 is 2.05 bits per heavy atom. The summed E-state index contributed by atoms with van der Waals surface area (Å²) in [5.74, 6) is -0.0272. The van der Waals surface area contributed by atoms with Crippen LogP contribution in [0.25, 0.3) is 0 Å². The van der Waals surface area contributed by atoms with Crippen LogP contribution in [0.3, 0.4) is 0 Å². The highest BCUT2D eigenvalue weighted by molar-refractivity contribution is 6.31. The molecular weight excluding hydrogens is 314 g/mol. The number of rotatable bonds is 4. The molecule has 0 saturated carbocycles. The van der Waals surface area contributed by atoms with E-state index < -0.39 is 11.4 Å². The van der Waals surface area contributed by atoms with E-state index in [4.69, 9.17) is 32.7 Å². The monoisotopic (exact) mass is 326 g/mol. The first-order valence-electron chi connectivity index (χ1n) is 6.44. The van der Waals surface area contributed by atoms with E-state index in [1.807, 2.05) is 18.2 Å². The fourth-order valence-corrected chi connectivity index (χ4v) is 3.10. The van der Waals surface area contributed by atoms with Crippen LogP contribution < -0.4 is 4.74 Å². The van der Waals surface area contributed by atoms with Crippen LogP contribution >= 0.6 is 23.2 Å². The lowest BCUT2D eigenvalue weighted by Crippen LogP contribution is -2.13. The van der Waals surface area contributed by atoms with Crippen LogP contribution in [0, 0.1) is 5.82 Å². The first-order chi connectivity index (χ1) is 10.1. The second-order valence-electron chi connectivity index (χ2n) is 4.89. The van der Waals surface area contributed by atoms with Crippen LogP contribution in [0.1, 0.15) is 17.2 Å². The van der Waals surface area contributed by atoms with Gasteiger partial charge in [0.25, 0.3) is 0 Å². The fraction of sp³-hybridized carbons (Fsp3) is 0.250. The normalized spacial score (nSPS) is 23.9. The van der Waals surface area contributed by atoms with Gasteiger partial charge in [0.05, 0.1) is 13.0 Å². The minimum Gasteiger partial charge on any atom is -0.494 e. The summed E-state index contributed by atoms with van der Waals surface area (Å²) in [5.41, 5.74) is 0.802. The van der Waals surface area contributed by atoms with E-state index >= 15 is 0 Å². The molecule has 1 saturated heterocycles. The van der Waals surface area contributed by atoms with Gasteiger partial charge in [-0.25, -0.2) is 4.39 Å². The van der Waals surface area contributed by atoms with Crippen LogP contribution in [0.4, 0.5) is 4.39 Å². The molecule has 2 unspecified atom stereocenters. The van der Waals surface area contributed by atoms with Gasteiger partial charge in [0.2, 0.25) is 0 Å². The largest absolute Gasteiger partial charge is 0.494 e. The summed E-state index contributed by atoms with van der Waals surface area (Å²) in [5, 5.41) is 0.614. The topological polar surface area (TPSA) is 21.8 Å². The predicted octanol–water partition coefficient (Wildman–Crippen LogP) is 4.69. The molecule has 1 aliphatic heterocycles. The molecule has 3 rings (SSSR count). The van der Waals surface area contributed by atoms with Crippen molar-refractivity contribution in [3.8, 4) is 5.75 Å².